The summed E-state index contributed by atoms with van der Waals surface area (Å²) in [6.45, 7) is 8.21. The van der Waals surface area contributed by atoms with Crippen molar-refractivity contribution in [1.82, 2.24) is 9.97 Å². The fraction of sp³-hybridized carbons (Fsp3) is 0.304. The average molecular weight is 348 g/mol. The highest BCUT2D eigenvalue weighted by atomic mass is 16.5. The van der Waals surface area contributed by atoms with Crippen LogP contribution in [-0.4, -0.2) is 16.1 Å². The minimum atomic E-state index is -0.316. The number of aryl methyl sites for hydroxylation is 2. The van der Waals surface area contributed by atoms with Crippen LogP contribution in [0.2, 0.25) is 0 Å². The van der Waals surface area contributed by atoms with E-state index in [1.807, 2.05) is 32.0 Å². The lowest BCUT2D eigenvalue weighted by atomic mass is 9.72. The molecule has 136 valence electrons. The Hall–Kier alpha value is -2.68. The van der Waals surface area contributed by atoms with Gasteiger partial charge in [0.1, 0.15) is 6.10 Å². The van der Waals surface area contributed by atoms with Crippen LogP contribution in [-0.2, 0) is 5.41 Å². The van der Waals surface area contributed by atoms with Gasteiger partial charge in [-0.15, -0.1) is 0 Å². The number of nitrogens with zero attached hydrogens (tertiary/aromatic N) is 2. The number of rotatable bonds is 5. The lowest BCUT2D eigenvalue weighted by Crippen LogP contribution is -2.40. The predicted molar refractivity (Wildman–Crippen MR) is 108 cm³/mol. The van der Waals surface area contributed by atoms with Gasteiger partial charge in [0.2, 0.25) is 0 Å². The molecule has 0 bridgehead atoms. The molecule has 0 aliphatic heterocycles. The van der Waals surface area contributed by atoms with E-state index in [-0.39, 0.29) is 18.9 Å². The molecule has 0 radical (unpaired) electrons. The standard InChI is InChI=1S/C22H24N2O.CH4/c1-16-15-17(2)24-21(23-16)25-18(3)22(4,19-11-7-5-8-12-19)20-13-9-6-10-14-20;/h5-15,18H,1-4H3;1H4/t18-;/m1./s1. The van der Waals surface area contributed by atoms with Crippen molar-refractivity contribution in [2.24, 2.45) is 0 Å². The topological polar surface area (TPSA) is 35.0 Å². The molecule has 1 atom stereocenters. The Morgan fingerprint density at radius 2 is 1.23 bits per heavy atom. The van der Waals surface area contributed by atoms with Gasteiger partial charge in [-0.2, -0.15) is 0 Å². The van der Waals surface area contributed by atoms with E-state index in [4.69, 9.17) is 4.74 Å². The summed E-state index contributed by atoms with van der Waals surface area (Å²) in [4.78, 5) is 8.88. The Morgan fingerprint density at radius 3 is 1.65 bits per heavy atom. The largest absolute Gasteiger partial charge is 0.459 e. The molecule has 0 saturated heterocycles. The second kappa shape index (κ2) is 8.13. The summed E-state index contributed by atoms with van der Waals surface area (Å²) < 4.78 is 6.23. The lowest BCUT2D eigenvalue weighted by molar-refractivity contribution is 0.140. The number of aromatic nitrogens is 2. The summed E-state index contributed by atoms with van der Waals surface area (Å²) in [5, 5.41) is 0. The zero-order chi connectivity index (χ0) is 17.9. The van der Waals surface area contributed by atoms with Crippen molar-refractivity contribution in [3.63, 3.8) is 0 Å². The van der Waals surface area contributed by atoms with Crippen molar-refractivity contribution < 1.29 is 4.74 Å². The van der Waals surface area contributed by atoms with Crippen molar-refractivity contribution in [3.8, 4) is 6.01 Å². The second-order valence-corrected chi connectivity index (χ2v) is 6.63. The normalized spacial score (nSPS) is 12.2. The highest BCUT2D eigenvalue weighted by Crippen LogP contribution is 2.36. The Balaban J connectivity index is 0.00000243. The van der Waals surface area contributed by atoms with E-state index in [1.165, 1.54) is 11.1 Å². The summed E-state index contributed by atoms with van der Waals surface area (Å²) in [5.41, 5.74) is 3.92. The third-order valence-electron chi connectivity index (χ3n) is 4.80. The van der Waals surface area contributed by atoms with Gasteiger partial charge in [-0.1, -0.05) is 68.1 Å². The van der Waals surface area contributed by atoms with Gasteiger partial charge >= 0.3 is 6.01 Å². The van der Waals surface area contributed by atoms with Crippen LogP contribution in [0.15, 0.2) is 66.7 Å². The Kier molecular flexibility index (Phi) is 6.14. The van der Waals surface area contributed by atoms with Crippen LogP contribution in [0, 0.1) is 13.8 Å². The van der Waals surface area contributed by atoms with Gasteiger partial charge in [0.15, 0.2) is 0 Å². The van der Waals surface area contributed by atoms with Crippen molar-refractivity contribution in [2.45, 2.75) is 46.6 Å². The number of benzene rings is 2. The molecule has 3 heteroatoms. The first-order valence-electron chi connectivity index (χ1n) is 8.60. The highest BCUT2D eigenvalue weighted by Gasteiger charge is 2.37. The first-order chi connectivity index (χ1) is 12.0. The van der Waals surface area contributed by atoms with Gasteiger partial charge in [0.25, 0.3) is 0 Å². The van der Waals surface area contributed by atoms with Gasteiger partial charge < -0.3 is 4.74 Å². The summed E-state index contributed by atoms with van der Waals surface area (Å²) in [6, 6.07) is 23.3. The van der Waals surface area contributed by atoms with Crippen LogP contribution in [0.25, 0.3) is 0 Å². The number of hydrogen-bond acceptors (Lipinski definition) is 3. The van der Waals surface area contributed by atoms with Crippen LogP contribution in [0.5, 0.6) is 6.01 Å². The van der Waals surface area contributed by atoms with Crippen LogP contribution < -0.4 is 4.74 Å². The molecule has 1 aromatic heterocycles. The monoisotopic (exact) mass is 348 g/mol. The van der Waals surface area contributed by atoms with Crippen molar-refractivity contribution in [3.05, 3.63) is 89.2 Å². The fourth-order valence-electron chi connectivity index (χ4n) is 3.23. The van der Waals surface area contributed by atoms with Crippen LogP contribution in [0.1, 0.15) is 43.8 Å². The molecule has 0 spiro atoms. The molecular formula is C23H28N2O. The molecule has 0 saturated carbocycles. The third-order valence-corrected chi connectivity index (χ3v) is 4.80. The van der Waals surface area contributed by atoms with Gasteiger partial charge in [-0.25, -0.2) is 9.97 Å². The highest BCUT2D eigenvalue weighted by molar-refractivity contribution is 5.40. The quantitative estimate of drug-likeness (QED) is 0.610. The van der Waals surface area contributed by atoms with Crippen molar-refractivity contribution >= 4 is 0 Å². The predicted octanol–water partition coefficient (Wildman–Crippen LogP) is 5.50. The molecule has 26 heavy (non-hydrogen) atoms. The second-order valence-electron chi connectivity index (χ2n) is 6.63. The van der Waals surface area contributed by atoms with Gasteiger partial charge in [-0.3, -0.25) is 0 Å². The molecule has 0 amide bonds. The van der Waals surface area contributed by atoms with E-state index >= 15 is 0 Å². The van der Waals surface area contributed by atoms with E-state index in [2.05, 4.69) is 72.3 Å². The van der Waals surface area contributed by atoms with Gasteiger partial charge in [-0.05, 0) is 44.9 Å². The first kappa shape index (κ1) is 19.6. The van der Waals surface area contributed by atoms with Gasteiger partial charge in [0.05, 0.1) is 5.41 Å². The zero-order valence-electron chi connectivity index (χ0n) is 15.2. The molecule has 0 fully saturated rings. The molecule has 0 N–H and O–H groups in total. The van der Waals surface area contributed by atoms with E-state index in [0.29, 0.717) is 6.01 Å². The molecule has 3 nitrogen and oxygen atoms in total. The molecule has 0 aliphatic carbocycles. The summed E-state index contributed by atoms with van der Waals surface area (Å²) in [5.74, 6) is 0. The SMILES string of the molecule is C.Cc1cc(C)nc(O[C@H](C)C(C)(c2ccccc2)c2ccccc2)n1. The van der Waals surface area contributed by atoms with E-state index in [9.17, 15) is 0 Å². The minimum absolute atomic E-state index is 0. The summed E-state index contributed by atoms with van der Waals surface area (Å²) >= 11 is 0. The van der Waals surface area contributed by atoms with Crippen LogP contribution in [0.3, 0.4) is 0 Å². The molecule has 2 aromatic carbocycles. The number of hydrogen-bond donors (Lipinski definition) is 0. The molecule has 3 rings (SSSR count). The maximum atomic E-state index is 6.23. The molecule has 3 aromatic rings. The van der Waals surface area contributed by atoms with Crippen molar-refractivity contribution in [2.75, 3.05) is 0 Å². The Labute approximate surface area is 157 Å². The van der Waals surface area contributed by atoms with E-state index < -0.39 is 0 Å². The molecule has 0 aliphatic rings. The maximum absolute atomic E-state index is 6.23. The molecule has 1 heterocycles. The first-order valence-corrected chi connectivity index (χ1v) is 8.60. The Morgan fingerprint density at radius 1 is 0.808 bits per heavy atom. The summed E-state index contributed by atoms with van der Waals surface area (Å²) in [7, 11) is 0. The number of ether oxygens (including phenoxy) is 1. The summed E-state index contributed by atoms with van der Waals surface area (Å²) in [6.07, 6.45) is -0.140. The van der Waals surface area contributed by atoms with Gasteiger partial charge in [0, 0.05) is 11.4 Å². The van der Waals surface area contributed by atoms with E-state index in [1.54, 1.807) is 0 Å². The smallest absolute Gasteiger partial charge is 0.317 e. The third kappa shape index (κ3) is 3.93. The Bertz CT molecular complexity index is 772. The van der Waals surface area contributed by atoms with Crippen molar-refractivity contribution in [1.29, 1.82) is 0 Å². The maximum Gasteiger partial charge on any atom is 0.317 e. The molecule has 0 unspecified atom stereocenters. The van der Waals surface area contributed by atoms with E-state index in [0.717, 1.165) is 11.4 Å². The lowest BCUT2D eigenvalue weighted by Gasteiger charge is -2.36. The minimum Gasteiger partial charge on any atom is -0.459 e. The average Bonchev–Trinajstić information content (AvgIpc) is 2.61. The van der Waals surface area contributed by atoms with Crippen LogP contribution >= 0.6 is 0 Å². The molecular weight excluding hydrogens is 320 g/mol. The zero-order valence-corrected chi connectivity index (χ0v) is 15.2. The fourth-order valence-corrected chi connectivity index (χ4v) is 3.23. The van der Waals surface area contributed by atoms with Crippen LogP contribution in [0.4, 0.5) is 0 Å².